The normalized spacial score (nSPS) is 37.2. The van der Waals surface area contributed by atoms with Crippen molar-refractivity contribution in [1.82, 2.24) is 10.2 Å². The van der Waals surface area contributed by atoms with E-state index in [9.17, 15) is 0 Å². The van der Waals surface area contributed by atoms with Gasteiger partial charge >= 0.3 is 0 Å². The molecule has 1 aromatic rings. The summed E-state index contributed by atoms with van der Waals surface area (Å²) in [5.74, 6) is 3.19. The summed E-state index contributed by atoms with van der Waals surface area (Å²) in [4.78, 5) is 2.81. The number of fused-ring (bicyclic) bond motifs is 4. The van der Waals surface area contributed by atoms with Crippen LogP contribution in [0, 0.1) is 17.8 Å². The first-order valence-electron chi connectivity index (χ1n) is 10.3. The number of piperidine rings is 1. The van der Waals surface area contributed by atoms with Gasteiger partial charge in [-0.2, -0.15) is 0 Å². The van der Waals surface area contributed by atoms with Crippen LogP contribution in [-0.4, -0.2) is 31.6 Å². The third kappa shape index (κ3) is 2.37. The van der Waals surface area contributed by atoms with Crippen LogP contribution >= 0.6 is 0 Å². The van der Waals surface area contributed by atoms with Gasteiger partial charge in [-0.3, -0.25) is 0 Å². The van der Waals surface area contributed by atoms with Crippen LogP contribution in [0.4, 0.5) is 0 Å². The van der Waals surface area contributed by atoms with E-state index in [0.717, 1.165) is 17.8 Å². The maximum Gasteiger partial charge on any atom is 0.0329 e. The highest BCUT2D eigenvalue weighted by molar-refractivity contribution is 5.42. The van der Waals surface area contributed by atoms with Crippen molar-refractivity contribution in [1.29, 1.82) is 0 Å². The van der Waals surface area contributed by atoms with E-state index in [1.807, 2.05) is 0 Å². The molecule has 5 rings (SSSR count). The van der Waals surface area contributed by atoms with Crippen molar-refractivity contribution in [3.05, 3.63) is 35.4 Å². The van der Waals surface area contributed by atoms with E-state index in [2.05, 4.69) is 41.5 Å². The van der Waals surface area contributed by atoms with E-state index in [0.29, 0.717) is 11.5 Å². The molecule has 0 amide bonds. The van der Waals surface area contributed by atoms with Crippen molar-refractivity contribution >= 4 is 0 Å². The van der Waals surface area contributed by atoms with Gasteiger partial charge in [-0.05, 0) is 93.0 Å². The Kier molecular flexibility index (Phi) is 3.75. The van der Waals surface area contributed by atoms with Crippen molar-refractivity contribution < 1.29 is 0 Å². The quantitative estimate of drug-likeness (QED) is 0.900. The Balaban J connectivity index is 1.27. The van der Waals surface area contributed by atoms with Crippen LogP contribution in [0.2, 0.25) is 0 Å². The third-order valence-electron chi connectivity index (χ3n) is 8.04. The van der Waals surface area contributed by atoms with Crippen LogP contribution in [-0.2, 0) is 5.41 Å². The zero-order valence-corrected chi connectivity index (χ0v) is 15.1. The van der Waals surface area contributed by atoms with Crippen LogP contribution in [0.15, 0.2) is 24.3 Å². The molecular formula is C22H32N2. The van der Waals surface area contributed by atoms with Gasteiger partial charge in [-0.25, -0.2) is 0 Å². The highest BCUT2D eigenvalue weighted by atomic mass is 15.1. The smallest absolute Gasteiger partial charge is 0.0329 e. The Labute approximate surface area is 147 Å². The predicted molar refractivity (Wildman–Crippen MR) is 99.1 cm³/mol. The lowest BCUT2D eigenvalue weighted by molar-refractivity contribution is 0.120. The number of nitrogens with one attached hydrogen (secondary N) is 1. The van der Waals surface area contributed by atoms with Crippen molar-refractivity contribution in [3.8, 4) is 0 Å². The average Bonchev–Trinajstić information content (AvgIpc) is 3.31. The molecule has 4 aliphatic rings. The predicted octanol–water partition coefficient (Wildman–Crippen LogP) is 4.12. The Morgan fingerprint density at radius 3 is 2.67 bits per heavy atom. The molecule has 1 heterocycles. The molecule has 24 heavy (non-hydrogen) atoms. The molecule has 2 heteroatoms. The molecule has 4 atom stereocenters. The lowest BCUT2D eigenvalue weighted by atomic mass is 9.73. The Morgan fingerprint density at radius 2 is 1.96 bits per heavy atom. The second-order valence-corrected chi connectivity index (χ2v) is 9.15. The van der Waals surface area contributed by atoms with E-state index in [1.165, 1.54) is 58.2 Å². The van der Waals surface area contributed by atoms with E-state index >= 15 is 0 Å². The number of hydrogen-bond acceptors (Lipinski definition) is 2. The lowest BCUT2D eigenvalue weighted by Gasteiger charge is -2.42. The van der Waals surface area contributed by atoms with Crippen LogP contribution in [0.1, 0.15) is 62.1 Å². The minimum atomic E-state index is 0.454. The fourth-order valence-corrected chi connectivity index (χ4v) is 6.72. The second kappa shape index (κ2) is 5.85. The number of benzene rings is 1. The third-order valence-corrected chi connectivity index (χ3v) is 8.04. The molecule has 3 aliphatic carbocycles. The summed E-state index contributed by atoms with van der Waals surface area (Å²) in [6.45, 7) is 4.03. The topological polar surface area (TPSA) is 15.3 Å². The number of likely N-dealkylation sites (tertiary alicyclic amines) is 1. The van der Waals surface area contributed by atoms with Gasteiger partial charge in [0.25, 0.3) is 0 Å². The second-order valence-electron chi connectivity index (χ2n) is 9.15. The molecule has 1 saturated heterocycles. The first-order valence-corrected chi connectivity index (χ1v) is 10.3. The van der Waals surface area contributed by atoms with Gasteiger partial charge in [0, 0.05) is 12.6 Å². The summed E-state index contributed by atoms with van der Waals surface area (Å²) in [5, 5.41) is 3.57. The molecule has 0 aromatic heterocycles. The van der Waals surface area contributed by atoms with Crippen molar-refractivity contribution in [2.75, 3.05) is 26.7 Å². The molecule has 0 radical (unpaired) electrons. The zero-order valence-electron chi connectivity index (χ0n) is 15.1. The van der Waals surface area contributed by atoms with Crippen LogP contribution in [0.5, 0.6) is 0 Å². The van der Waals surface area contributed by atoms with Gasteiger partial charge in [0.2, 0.25) is 0 Å². The SMILES string of the molecule is CN[C@H]1CC2(CCN(C[C@H]3C[C@@H]4CC[C@H]3C4)CC2)c2ccccc21. The molecule has 0 unspecified atom stereocenters. The van der Waals surface area contributed by atoms with Crippen molar-refractivity contribution in [3.63, 3.8) is 0 Å². The van der Waals surface area contributed by atoms with E-state index in [1.54, 1.807) is 17.5 Å². The Bertz CT molecular complexity index is 602. The molecule has 130 valence electrons. The fraction of sp³-hybridized carbons (Fsp3) is 0.727. The van der Waals surface area contributed by atoms with Gasteiger partial charge in [0.15, 0.2) is 0 Å². The first-order chi connectivity index (χ1) is 11.8. The Morgan fingerprint density at radius 1 is 1.12 bits per heavy atom. The van der Waals surface area contributed by atoms with Gasteiger partial charge in [-0.1, -0.05) is 30.7 Å². The van der Waals surface area contributed by atoms with Crippen LogP contribution < -0.4 is 5.32 Å². The Hall–Kier alpha value is -0.860. The molecule has 1 N–H and O–H groups in total. The first kappa shape index (κ1) is 15.4. The molecule has 1 aliphatic heterocycles. The van der Waals surface area contributed by atoms with Crippen molar-refractivity contribution in [2.45, 2.75) is 56.4 Å². The molecule has 2 saturated carbocycles. The molecular weight excluding hydrogens is 292 g/mol. The van der Waals surface area contributed by atoms with E-state index in [4.69, 9.17) is 0 Å². The number of hydrogen-bond donors (Lipinski definition) is 1. The molecule has 2 nitrogen and oxygen atoms in total. The molecule has 2 bridgehead atoms. The standard InChI is InChI=1S/C22H32N2/c1-23-21-14-22(20-5-3-2-4-19(20)21)8-10-24(11-9-22)15-18-13-16-6-7-17(18)12-16/h2-5,16-18,21,23H,6-15H2,1H3/t16-,17+,18-,21+/m1/s1. The van der Waals surface area contributed by atoms with Gasteiger partial charge in [-0.15, -0.1) is 0 Å². The summed E-state index contributed by atoms with van der Waals surface area (Å²) < 4.78 is 0. The monoisotopic (exact) mass is 324 g/mol. The minimum absolute atomic E-state index is 0.454. The summed E-state index contributed by atoms with van der Waals surface area (Å²) in [5.41, 5.74) is 3.68. The minimum Gasteiger partial charge on any atom is -0.313 e. The van der Waals surface area contributed by atoms with E-state index in [-0.39, 0.29) is 0 Å². The van der Waals surface area contributed by atoms with Gasteiger partial charge in [0.05, 0.1) is 0 Å². The van der Waals surface area contributed by atoms with Crippen LogP contribution in [0.25, 0.3) is 0 Å². The molecule has 3 fully saturated rings. The molecule has 1 aromatic carbocycles. The largest absolute Gasteiger partial charge is 0.313 e. The van der Waals surface area contributed by atoms with Gasteiger partial charge < -0.3 is 10.2 Å². The zero-order chi connectivity index (χ0) is 16.1. The maximum atomic E-state index is 3.57. The number of rotatable bonds is 3. The lowest BCUT2D eigenvalue weighted by Crippen LogP contribution is -2.44. The van der Waals surface area contributed by atoms with Gasteiger partial charge in [0.1, 0.15) is 0 Å². The highest BCUT2D eigenvalue weighted by Crippen LogP contribution is 2.52. The summed E-state index contributed by atoms with van der Waals surface area (Å²) in [6.07, 6.45) is 10.2. The maximum absolute atomic E-state index is 3.57. The highest BCUT2D eigenvalue weighted by Gasteiger charge is 2.46. The summed E-state index contributed by atoms with van der Waals surface area (Å²) in [7, 11) is 2.13. The number of nitrogens with zero attached hydrogens (tertiary/aromatic N) is 1. The van der Waals surface area contributed by atoms with E-state index < -0.39 is 0 Å². The van der Waals surface area contributed by atoms with Crippen LogP contribution in [0.3, 0.4) is 0 Å². The average molecular weight is 325 g/mol. The fourth-order valence-electron chi connectivity index (χ4n) is 6.72. The summed E-state index contributed by atoms with van der Waals surface area (Å²) in [6, 6.07) is 9.80. The van der Waals surface area contributed by atoms with Crippen molar-refractivity contribution in [2.24, 2.45) is 17.8 Å². The molecule has 1 spiro atoms. The summed E-state index contributed by atoms with van der Waals surface area (Å²) >= 11 is 0.